The Morgan fingerprint density at radius 3 is 2.10 bits per heavy atom. The highest BCUT2D eigenvalue weighted by Crippen LogP contribution is 2.29. The minimum atomic E-state index is -0.515. The Labute approximate surface area is 171 Å². The molecule has 0 spiro atoms. The van der Waals surface area contributed by atoms with Gasteiger partial charge in [0.25, 0.3) is 17.7 Å². The third-order valence-electron chi connectivity index (χ3n) is 4.70. The highest BCUT2D eigenvalue weighted by atomic mass is 16.5. The molecule has 148 valence electrons. The van der Waals surface area contributed by atoms with E-state index < -0.39 is 23.7 Å². The molecule has 1 N–H and O–H groups in total. The maximum atomic E-state index is 12.7. The minimum absolute atomic E-state index is 0.257. The van der Waals surface area contributed by atoms with Crippen molar-refractivity contribution >= 4 is 35.1 Å². The average Bonchev–Trinajstić information content (AvgIpc) is 3.04. The number of imide groups is 1. The van der Waals surface area contributed by atoms with Crippen LogP contribution in [0.4, 0.5) is 11.4 Å². The molecule has 3 amide bonds. The van der Waals surface area contributed by atoms with Gasteiger partial charge in [0.15, 0.2) is 0 Å². The van der Waals surface area contributed by atoms with Gasteiger partial charge in [0.2, 0.25) is 0 Å². The number of methoxy groups -OCH3 is 1. The lowest BCUT2D eigenvalue weighted by Crippen LogP contribution is -2.29. The van der Waals surface area contributed by atoms with E-state index >= 15 is 0 Å². The Balaban J connectivity index is 1.59. The quantitative estimate of drug-likeness (QED) is 0.534. The molecule has 1 heterocycles. The van der Waals surface area contributed by atoms with Crippen molar-refractivity contribution in [1.29, 1.82) is 0 Å². The fraction of sp³-hybridized carbons (Fsp3) is 0.0435. The van der Waals surface area contributed by atoms with E-state index in [1.807, 2.05) is 0 Å². The molecule has 0 atom stereocenters. The largest absolute Gasteiger partial charge is 0.465 e. The van der Waals surface area contributed by atoms with Gasteiger partial charge in [0.05, 0.1) is 29.5 Å². The number of rotatable bonds is 4. The molecular weight excluding hydrogens is 384 g/mol. The van der Waals surface area contributed by atoms with Gasteiger partial charge in [0, 0.05) is 11.3 Å². The predicted molar refractivity (Wildman–Crippen MR) is 110 cm³/mol. The van der Waals surface area contributed by atoms with E-state index in [9.17, 15) is 19.2 Å². The second-order valence-electron chi connectivity index (χ2n) is 6.57. The second-order valence-corrected chi connectivity index (χ2v) is 6.57. The fourth-order valence-corrected chi connectivity index (χ4v) is 3.26. The second kappa shape index (κ2) is 7.63. The zero-order chi connectivity index (χ0) is 21.3. The average molecular weight is 400 g/mol. The number of fused-ring (bicyclic) bond motifs is 1. The number of nitrogens with zero attached hydrogens (tertiary/aromatic N) is 1. The lowest BCUT2D eigenvalue weighted by molar-refractivity contribution is 0.0600. The first-order valence-electron chi connectivity index (χ1n) is 9.07. The van der Waals surface area contributed by atoms with Gasteiger partial charge in [-0.25, -0.2) is 9.69 Å². The SMILES string of the molecule is COC(=O)c1cccc(NC(=O)c2cccc(N3C(=O)c4ccccc4C3=O)c2)c1. The smallest absolute Gasteiger partial charge is 0.337 e. The molecule has 0 aromatic heterocycles. The number of nitrogens with one attached hydrogen (secondary N) is 1. The topological polar surface area (TPSA) is 92.8 Å². The van der Waals surface area contributed by atoms with Crippen LogP contribution in [0.15, 0.2) is 72.8 Å². The van der Waals surface area contributed by atoms with Crippen LogP contribution in [-0.4, -0.2) is 30.8 Å². The van der Waals surface area contributed by atoms with Gasteiger partial charge in [-0.05, 0) is 48.5 Å². The van der Waals surface area contributed by atoms with Gasteiger partial charge < -0.3 is 10.1 Å². The molecule has 4 rings (SSSR count). The molecule has 7 heteroatoms. The zero-order valence-corrected chi connectivity index (χ0v) is 15.9. The van der Waals surface area contributed by atoms with E-state index in [0.717, 1.165) is 4.90 Å². The summed E-state index contributed by atoms with van der Waals surface area (Å²) in [6.07, 6.45) is 0. The number of carbonyl (C=O) groups is 4. The summed E-state index contributed by atoms with van der Waals surface area (Å²) in [4.78, 5) is 50.8. The number of anilines is 2. The van der Waals surface area contributed by atoms with E-state index in [2.05, 4.69) is 10.1 Å². The first kappa shape index (κ1) is 19.1. The standard InChI is InChI=1S/C23H16N2O5/c1-30-23(29)15-7-4-8-16(12-15)24-20(26)14-6-5-9-17(13-14)25-21(27)18-10-2-3-11-19(18)22(25)28/h2-13H,1H3,(H,24,26). The minimum Gasteiger partial charge on any atom is -0.465 e. The summed E-state index contributed by atoms with van der Waals surface area (Å²) >= 11 is 0. The number of hydrogen-bond acceptors (Lipinski definition) is 5. The third-order valence-corrected chi connectivity index (χ3v) is 4.70. The molecule has 1 aliphatic rings. The highest BCUT2D eigenvalue weighted by Gasteiger charge is 2.36. The number of ether oxygens (including phenoxy) is 1. The Bertz CT molecular complexity index is 1170. The predicted octanol–water partition coefficient (Wildman–Crippen LogP) is 3.53. The van der Waals surface area contributed by atoms with Crippen LogP contribution in [0.5, 0.6) is 0 Å². The van der Waals surface area contributed by atoms with Gasteiger partial charge >= 0.3 is 5.97 Å². The lowest BCUT2D eigenvalue weighted by Gasteiger charge is -2.15. The molecule has 7 nitrogen and oxygen atoms in total. The summed E-state index contributed by atoms with van der Waals surface area (Å²) in [5.74, 6) is -1.83. The molecule has 0 aliphatic carbocycles. The van der Waals surface area contributed by atoms with Crippen LogP contribution in [-0.2, 0) is 4.74 Å². The number of hydrogen-bond donors (Lipinski definition) is 1. The molecule has 0 unspecified atom stereocenters. The Morgan fingerprint density at radius 1 is 0.800 bits per heavy atom. The fourth-order valence-electron chi connectivity index (χ4n) is 3.26. The Hall–Kier alpha value is -4.26. The highest BCUT2D eigenvalue weighted by molar-refractivity contribution is 6.34. The van der Waals surface area contributed by atoms with Gasteiger partial charge in [-0.15, -0.1) is 0 Å². The van der Waals surface area contributed by atoms with E-state index in [1.54, 1.807) is 60.7 Å². The van der Waals surface area contributed by atoms with Crippen LogP contribution in [0.3, 0.4) is 0 Å². The van der Waals surface area contributed by atoms with Crippen molar-refractivity contribution in [3.8, 4) is 0 Å². The van der Waals surface area contributed by atoms with Gasteiger partial charge in [-0.3, -0.25) is 14.4 Å². The maximum absolute atomic E-state index is 12.7. The normalized spacial score (nSPS) is 12.5. The summed E-state index contributed by atoms with van der Waals surface area (Å²) in [5.41, 5.74) is 1.93. The monoisotopic (exact) mass is 400 g/mol. The lowest BCUT2D eigenvalue weighted by atomic mass is 10.1. The van der Waals surface area contributed by atoms with Crippen molar-refractivity contribution in [2.75, 3.05) is 17.3 Å². The van der Waals surface area contributed by atoms with E-state index in [0.29, 0.717) is 28.1 Å². The van der Waals surface area contributed by atoms with Gasteiger partial charge in [0.1, 0.15) is 0 Å². The van der Waals surface area contributed by atoms with Crippen molar-refractivity contribution in [2.45, 2.75) is 0 Å². The van der Waals surface area contributed by atoms with E-state index in [-0.39, 0.29) is 5.56 Å². The Morgan fingerprint density at radius 2 is 1.43 bits per heavy atom. The number of benzene rings is 3. The summed E-state index contributed by atoms with van der Waals surface area (Å²) in [6.45, 7) is 0. The van der Waals surface area contributed by atoms with Crippen LogP contribution in [0.1, 0.15) is 41.4 Å². The van der Waals surface area contributed by atoms with Crippen LogP contribution in [0, 0.1) is 0 Å². The molecule has 0 fully saturated rings. The summed E-state index contributed by atoms with van der Waals surface area (Å²) in [7, 11) is 1.28. The first-order chi connectivity index (χ1) is 14.5. The molecule has 30 heavy (non-hydrogen) atoms. The molecule has 1 aliphatic heterocycles. The molecule has 0 radical (unpaired) electrons. The zero-order valence-electron chi connectivity index (χ0n) is 15.9. The molecule has 0 saturated carbocycles. The van der Waals surface area contributed by atoms with Crippen molar-refractivity contribution in [1.82, 2.24) is 0 Å². The molecule has 0 saturated heterocycles. The van der Waals surface area contributed by atoms with Crippen molar-refractivity contribution in [3.63, 3.8) is 0 Å². The Kier molecular flexibility index (Phi) is 4.85. The van der Waals surface area contributed by atoms with Crippen LogP contribution < -0.4 is 10.2 Å². The molecule has 3 aromatic carbocycles. The molecular formula is C23H16N2O5. The van der Waals surface area contributed by atoms with Crippen LogP contribution in [0.25, 0.3) is 0 Å². The summed E-state index contributed by atoms with van der Waals surface area (Å²) in [6, 6.07) is 19.1. The van der Waals surface area contributed by atoms with E-state index in [4.69, 9.17) is 0 Å². The number of esters is 1. The maximum Gasteiger partial charge on any atom is 0.337 e. The van der Waals surface area contributed by atoms with Gasteiger partial charge in [-0.1, -0.05) is 24.3 Å². The van der Waals surface area contributed by atoms with Crippen molar-refractivity contribution in [2.24, 2.45) is 0 Å². The van der Waals surface area contributed by atoms with Crippen molar-refractivity contribution in [3.05, 3.63) is 95.1 Å². The number of carbonyl (C=O) groups excluding carboxylic acids is 4. The molecule has 3 aromatic rings. The van der Waals surface area contributed by atoms with Crippen LogP contribution in [0.2, 0.25) is 0 Å². The third kappa shape index (κ3) is 3.33. The van der Waals surface area contributed by atoms with Crippen molar-refractivity contribution < 1.29 is 23.9 Å². The van der Waals surface area contributed by atoms with Crippen LogP contribution >= 0.6 is 0 Å². The summed E-state index contributed by atoms with van der Waals surface area (Å²) < 4.78 is 4.68. The number of amides is 3. The summed E-state index contributed by atoms with van der Waals surface area (Å²) in [5, 5.41) is 2.70. The molecule has 0 bridgehead atoms. The van der Waals surface area contributed by atoms with Gasteiger partial charge in [-0.2, -0.15) is 0 Å². The van der Waals surface area contributed by atoms with E-state index in [1.165, 1.54) is 19.2 Å². The first-order valence-corrected chi connectivity index (χ1v) is 9.07.